The summed E-state index contributed by atoms with van der Waals surface area (Å²) in [6, 6.07) is 13.9. The van der Waals surface area contributed by atoms with Gasteiger partial charge in [-0.2, -0.15) is 0 Å². The lowest BCUT2D eigenvalue weighted by Crippen LogP contribution is -2.29. The van der Waals surface area contributed by atoms with Crippen molar-refractivity contribution in [1.82, 2.24) is 0 Å². The molecule has 0 aromatic heterocycles. The molecule has 104 valence electrons. The van der Waals surface area contributed by atoms with E-state index in [1.54, 1.807) is 0 Å². The molecule has 0 aliphatic heterocycles. The van der Waals surface area contributed by atoms with Crippen LogP contribution in [0.3, 0.4) is 0 Å². The minimum atomic E-state index is -0.0615. The Hall–Kier alpha value is -1.83. The Morgan fingerprint density at radius 3 is 2.65 bits per heavy atom. The van der Waals surface area contributed by atoms with Gasteiger partial charge in [0, 0.05) is 5.39 Å². The summed E-state index contributed by atoms with van der Waals surface area (Å²) in [5.41, 5.74) is 0. The van der Waals surface area contributed by atoms with Gasteiger partial charge in [-0.25, -0.2) is 0 Å². The largest absolute Gasteiger partial charge is 0.426 e. The van der Waals surface area contributed by atoms with Gasteiger partial charge in [0.1, 0.15) is 5.75 Å². The molecule has 0 N–H and O–H groups in total. The molecule has 2 nitrogen and oxygen atoms in total. The number of hydrogen-bond acceptors (Lipinski definition) is 2. The van der Waals surface area contributed by atoms with Gasteiger partial charge in [-0.05, 0) is 30.2 Å². The van der Waals surface area contributed by atoms with Crippen LogP contribution in [0, 0.1) is 11.8 Å². The molecular formula is C18H20O2. The van der Waals surface area contributed by atoms with Crippen molar-refractivity contribution in [3.05, 3.63) is 42.5 Å². The minimum absolute atomic E-state index is 0.0581. The molecule has 0 spiro atoms. The summed E-state index contributed by atoms with van der Waals surface area (Å²) in [5, 5.41) is 2.11. The third kappa shape index (κ3) is 2.55. The third-order valence-corrected chi connectivity index (χ3v) is 4.37. The van der Waals surface area contributed by atoms with E-state index in [1.807, 2.05) is 42.5 Å². The van der Waals surface area contributed by atoms with Crippen LogP contribution in [0.4, 0.5) is 0 Å². The molecule has 20 heavy (non-hydrogen) atoms. The normalized spacial score (nSPS) is 22.6. The zero-order valence-electron chi connectivity index (χ0n) is 11.8. The lowest BCUT2D eigenvalue weighted by Gasteiger charge is -2.26. The van der Waals surface area contributed by atoms with E-state index >= 15 is 0 Å². The van der Waals surface area contributed by atoms with Gasteiger partial charge in [-0.15, -0.1) is 0 Å². The zero-order valence-corrected chi connectivity index (χ0v) is 11.8. The van der Waals surface area contributed by atoms with Crippen molar-refractivity contribution in [1.29, 1.82) is 0 Å². The Kier molecular flexibility index (Phi) is 3.72. The summed E-state index contributed by atoms with van der Waals surface area (Å²) in [4.78, 5) is 12.4. The summed E-state index contributed by atoms with van der Waals surface area (Å²) in [6.45, 7) is 2.16. The van der Waals surface area contributed by atoms with Gasteiger partial charge in [0.2, 0.25) is 0 Å². The van der Waals surface area contributed by atoms with Gasteiger partial charge >= 0.3 is 5.97 Å². The molecule has 0 bridgehead atoms. The Morgan fingerprint density at radius 1 is 1.05 bits per heavy atom. The summed E-state index contributed by atoms with van der Waals surface area (Å²) in [5.74, 6) is 1.12. The third-order valence-electron chi connectivity index (χ3n) is 4.37. The Bertz CT molecular complexity index is 612. The van der Waals surface area contributed by atoms with E-state index in [9.17, 15) is 4.79 Å². The van der Waals surface area contributed by atoms with Crippen LogP contribution in [-0.2, 0) is 4.79 Å². The van der Waals surface area contributed by atoms with Crippen molar-refractivity contribution in [2.45, 2.75) is 32.6 Å². The maximum atomic E-state index is 12.4. The molecule has 0 radical (unpaired) electrons. The van der Waals surface area contributed by atoms with E-state index in [2.05, 4.69) is 6.92 Å². The summed E-state index contributed by atoms with van der Waals surface area (Å²) in [7, 11) is 0. The SMILES string of the molecule is CC1CCCCC1C(=O)Oc1cccc2ccccc12. The van der Waals surface area contributed by atoms with E-state index in [0.717, 1.165) is 30.0 Å². The standard InChI is InChI=1S/C18H20O2/c1-13-7-2-4-10-15(13)18(19)20-17-12-6-9-14-8-3-5-11-16(14)17/h3,5-6,8-9,11-13,15H,2,4,7,10H2,1H3. The number of esters is 1. The second-order valence-electron chi connectivity index (χ2n) is 5.77. The smallest absolute Gasteiger partial charge is 0.314 e. The Labute approximate surface area is 119 Å². The van der Waals surface area contributed by atoms with E-state index in [1.165, 1.54) is 6.42 Å². The van der Waals surface area contributed by atoms with E-state index < -0.39 is 0 Å². The van der Waals surface area contributed by atoms with Crippen LogP contribution in [0.5, 0.6) is 5.75 Å². The molecule has 1 fully saturated rings. The van der Waals surface area contributed by atoms with Crippen LogP contribution in [0.2, 0.25) is 0 Å². The molecule has 1 aliphatic rings. The highest BCUT2D eigenvalue weighted by Crippen LogP contribution is 2.32. The molecule has 2 unspecified atom stereocenters. The fraction of sp³-hybridized carbons (Fsp3) is 0.389. The number of ether oxygens (including phenoxy) is 1. The molecule has 3 rings (SSSR count). The van der Waals surface area contributed by atoms with E-state index in [4.69, 9.17) is 4.74 Å². The topological polar surface area (TPSA) is 26.3 Å². The molecule has 0 amide bonds. The molecule has 2 heteroatoms. The van der Waals surface area contributed by atoms with Crippen LogP contribution >= 0.6 is 0 Å². The molecule has 0 heterocycles. The van der Waals surface area contributed by atoms with Crippen LogP contribution in [0.25, 0.3) is 10.8 Å². The molecular weight excluding hydrogens is 248 g/mol. The Morgan fingerprint density at radius 2 is 1.80 bits per heavy atom. The maximum absolute atomic E-state index is 12.4. The number of carbonyl (C=O) groups excluding carboxylic acids is 1. The summed E-state index contributed by atoms with van der Waals surface area (Å²) < 4.78 is 5.70. The van der Waals surface area contributed by atoms with Crippen molar-refractivity contribution in [3.63, 3.8) is 0 Å². The maximum Gasteiger partial charge on any atom is 0.314 e. The van der Waals surface area contributed by atoms with Crippen molar-refractivity contribution in [2.24, 2.45) is 11.8 Å². The first kappa shape index (κ1) is 13.2. The van der Waals surface area contributed by atoms with Gasteiger partial charge in [0.15, 0.2) is 0 Å². The number of benzene rings is 2. The number of rotatable bonds is 2. The van der Waals surface area contributed by atoms with Crippen LogP contribution in [0.1, 0.15) is 32.6 Å². The number of fused-ring (bicyclic) bond motifs is 1. The number of hydrogen-bond donors (Lipinski definition) is 0. The second kappa shape index (κ2) is 5.66. The van der Waals surface area contributed by atoms with Crippen LogP contribution in [-0.4, -0.2) is 5.97 Å². The van der Waals surface area contributed by atoms with E-state index in [0.29, 0.717) is 11.7 Å². The molecule has 0 saturated heterocycles. The molecule has 2 atom stereocenters. The summed E-state index contributed by atoms with van der Waals surface area (Å²) >= 11 is 0. The Balaban J connectivity index is 1.84. The fourth-order valence-electron chi connectivity index (χ4n) is 3.14. The molecule has 1 aliphatic carbocycles. The first-order chi connectivity index (χ1) is 9.75. The van der Waals surface area contributed by atoms with Gasteiger partial charge in [0.05, 0.1) is 5.92 Å². The van der Waals surface area contributed by atoms with Crippen molar-refractivity contribution >= 4 is 16.7 Å². The lowest BCUT2D eigenvalue weighted by molar-refractivity contribution is -0.141. The van der Waals surface area contributed by atoms with Crippen molar-refractivity contribution < 1.29 is 9.53 Å². The average Bonchev–Trinajstić information content (AvgIpc) is 2.48. The lowest BCUT2D eigenvalue weighted by atomic mass is 9.80. The van der Waals surface area contributed by atoms with Crippen molar-refractivity contribution in [2.75, 3.05) is 0 Å². The first-order valence-electron chi connectivity index (χ1n) is 7.45. The van der Waals surface area contributed by atoms with Gasteiger partial charge < -0.3 is 4.74 Å². The number of carbonyl (C=O) groups is 1. The predicted octanol–water partition coefficient (Wildman–Crippen LogP) is 4.57. The van der Waals surface area contributed by atoms with Gasteiger partial charge in [-0.1, -0.05) is 56.2 Å². The molecule has 1 saturated carbocycles. The zero-order chi connectivity index (χ0) is 13.9. The van der Waals surface area contributed by atoms with E-state index in [-0.39, 0.29) is 11.9 Å². The predicted molar refractivity (Wildman–Crippen MR) is 80.7 cm³/mol. The minimum Gasteiger partial charge on any atom is -0.426 e. The highest BCUT2D eigenvalue weighted by Gasteiger charge is 2.29. The van der Waals surface area contributed by atoms with Gasteiger partial charge in [-0.3, -0.25) is 4.79 Å². The summed E-state index contributed by atoms with van der Waals surface area (Å²) in [6.07, 6.45) is 4.47. The first-order valence-corrected chi connectivity index (χ1v) is 7.45. The molecule has 2 aromatic rings. The monoisotopic (exact) mass is 268 g/mol. The second-order valence-corrected chi connectivity index (χ2v) is 5.77. The molecule has 2 aromatic carbocycles. The van der Waals surface area contributed by atoms with Crippen LogP contribution in [0.15, 0.2) is 42.5 Å². The highest BCUT2D eigenvalue weighted by atomic mass is 16.5. The van der Waals surface area contributed by atoms with Crippen molar-refractivity contribution in [3.8, 4) is 5.75 Å². The highest BCUT2D eigenvalue weighted by molar-refractivity contribution is 5.90. The van der Waals surface area contributed by atoms with Gasteiger partial charge in [0.25, 0.3) is 0 Å². The fourth-order valence-corrected chi connectivity index (χ4v) is 3.14. The average molecular weight is 268 g/mol. The quantitative estimate of drug-likeness (QED) is 0.589. The van der Waals surface area contributed by atoms with Crippen LogP contribution < -0.4 is 4.74 Å².